The molecule has 1 saturated carbocycles. The van der Waals surface area contributed by atoms with Gasteiger partial charge in [0.1, 0.15) is 42.4 Å². The molecule has 4 N–H and O–H groups in total. The van der Waals surface area contributed by atoms with Crippen molar-refractivity contribution in [1.29, 1.82) is 0 Å². The zero-order chi connectivity index (χ0) is 24.9. The summed E-state index contributed by atoms with van der Waals surface area (Å²) in [6.07, 6.45) is -6.17. The summed E-state index contributed by atoms with van der Waals surface area (Å²) >= 11 is 0. The molecule has 2 aromatic rings. The Morgan fingerprint density at radius 2 is 1.27 bits per heavy atom. The molecule has 1 fully saturated rings. The lowest BCUT2D eigenvalue weighted by Gasteiger charge is -2.45. The minimum Gasteiger partial charge on any atom is -0.388 e. The van der Waals surface area contributed by atoms with E-state index in [1.807, 2.05) is 0 Å². The minimum absolute atomic E-state index is 0.00991. The number of nitrogens with two attached hydrogens (primary N) is 1. The first-order valence-corrected chi connectivity index (χ1v) is 14.4. The predicted molar refractivity (Wildman–Crippen MR) is 110 cm³/mol. The fourth-order valence-corrected chi connectivity index (χ4v) is 5.40. The highest BCUT2D eigenvalue weighted by Gasteiger charge is 2.56. The van der Waals surface area contributed by atoms with E-state index in [9.17, 15) is 35.5 Å². The molecule has 0 spiro atoms. The van der Waals surface area contributed by atoms with E-state index >= 15 is 0 Å². The number of fused-ring (bicyclic) bond motifs is 1. The van der Waals surface area contributed by atoms with Crippen LogP contribution in [0.15, 0.2) is 12.7 Å². The average Bonchev–Trinajstić information content (AvgIpc) is 3.04. The van der Waals surface area contributed by atoms with Crippen LogP contribution in [0.1, 0.15) is 6.04 Å². The second kappa shape index (κ2) is 8.65. The molecule has 186 valence electrons. The normalized spacial score (nSPS) is 29.4. The van der Waals surface area contributed by atoms with Crippen molar-refractivity contribution in [2.75, 3.05) is 24.5 Å². The number of aliphatic hydroxyl groups is 2. The summed E-state index contributed by atoms with van der Waals surface area (Å²) in [5.41, 5.74) is 5.79. The number of anilines is 1. The van der Waals surface area contributed by atoms with Gasteiger partial charge in [-0.15, -0.1) is 0 Å². The van der Waals surface area contributed by atoms with E-state index in [2.05, 4.69) is 15.0 Å². The Labute approximate surface area is 188 Å². The Kier molecular flexibility index (Phi) is 6.72. The van der Waals surface area contributed by atoms with E-state index in [0.717, 1.165) is 17.2 Å². The van der Waals surface area contributed by atoms with E-state index < -0.39 is 66.9 Å². The molecule has 0 aromatic carbocycles. The summed E-state index contributed by atoms with van der Waals surface area (Å²) in [6, 6.07) is -1.60. The van der Waals surface area contributed by atoms with Crippen molar-refractivity contribution in [2.24, 2.45) is 0 Å². The molecule has 0 amide bonds. The van der Waals surface area contributed by atoms with Crippen LogP contribution in [-0.2, 0) is 42.9 Å². The first-order chi connectivity index (χ1) is 15.0. The third kappa shape index (κ3) is 5.74. The third-order valence-corrected chi connectivity index (χ3v) is 6.30. The molecule has 2 aromatic heterocycles. The number of rotatable bonds is 7. The van der Waals surface area contributed by atoms with Crippen LogP contribution in [0.2, 0.25) is 0 Å². The van der Waals surface area contributed by atoms with Crippen LogP contribution in [0.25, 0.3) is 11.2 Å². The zero-order valence-electron chi connectivity index (χ0n) is 17.3. The molecule has 3 rings (SSSR count). The van der Waals surface area contributed by atoms with Gasteiger partial charge < -0.3 is 20.5 Å². The second-order valence-corrected chi connectivity index (χ2v) is 12.2. The van der Waals surface area contributed by atoms with Crippen LogP contribution < -0.4 is 5.73 Å². The van der Waals surface area contributed by atoms with Gasteiger partial charge in [0.2, 0.25) is 0 Å². The van der Waals surface area contributed by atoms with Gasteiger partial charge in [0.05, 0.1) is 31.1 Å². The maximum atomic E-state index is 11.9. The van der Waals surface area contributed by atoms with Crippen LogP contribution in [0.3, 0.4) is 0 Å². The summed E-state index contributed by atoms with van der Waals surface area (Å²) in [6.45, 7) is 0. The molecule has 0 saturated heterocycles. The fraction of sp³-hybridized carbons (Fsp3) is 0.643. The molecule has 33 heavy (non-hydrogen) atoms. The molecule has 2 unspecified atom stereocenters. The lowest BCUT2D eigenvalue weighted by Crippen LogP contribution is -2.64. The van der Waals surface area contributed by atoms with E-state index in [1.54, 1.807) is 0 Å². The van der Waals surface area contributed by atoms with Gasteiger partial charge >= 0.3 is 0 Å². The zero-order valence-corrected chi connectivity index (χ0v) is 19.7. The quantitative estimate of drug-likeness (QED) is 0.297. The predicted octanol–water partition coefficient (Wildman–Crippen LogP) is -3.28. The van der Waals surface area contributed by atoms with Crippen molar-refractivity contribution in [1.82, 2.24) is 19.5 Å². The summed E-state index contributed by atoms with van der Waals surface area (Å²) in [4.78, 5) is 11.7. The smallest absolute Gasteiger partial charge is 0.264 e. The number of nitrogens with zero attached hydrogens (tertiary/aromatic N) is 4. The second-order valence-electron chi connectivity index (χ2n) is 7.35. The van der Waals surface area contributed by atoms with Gasteiger partial charge in [-0.2, -0.15) is 25.3 Å². The Balaban J connectivity index is 2.22. The molecule has 6 atom stereocenters. The first-order valence-electron chi connectivity index (χ1n) is 8.92. The van der Waals surface area contributed by atoms with E-state index in [1.165, 1.54) is 0 Å². The van der Waals surface area contributed by atoms with Crippen molar-refractivity contribution in [3.63, 3.8) is 0 Å². The van der Waals surface area contributed by atoms with Crippen LogP contribution in [0.5, 0.6) is 0 Å². The highest BCUT2D eigenvalue weighted by Crippen LogP contribution is 2.38. The highest BCUT2D eigenvalue weighted by atomic mass is 32.2. The van der Waals surface area contributed by atoms with E-state index in [0.29, 0.717) is 18.8 Å². The van der Waals surface area contributed by atoms with Crippen LogP contribution >= 0.6 is 0 Å². The van der Waals surface area contributed by atoms with E-state index in [4.69, 9.17) is 18.3 Å². The Morgan fingerprint density at radius 1 is 0.818 bits per heavy atom. The minimum atomic E-state index is -4.39. The molecular weight excluding hydrogens is 510 g/mol. The summed E-state index contributed by atoms with van der Waals surface area (Å²) in [5.74, 6) is -0.0512. The van der Waals surface area contributed by atoms with Gasteiger partial charge in [-0.3, -0.25) is 12.5 Å². The van der Waals surface area contributed by atoms with Gasteiger partial charge in [0.15, 0.2) is 11.5 Å². The van der Waals surface area contributed by atoms with Crippen LogP contribution in [0, 0.1) is 0 Å². The maximum absolute atomic E-state index is 11.9. The first kappa shape index (κ1) is 25.6. The summed E-state index contributed by atoms with van der Waals surface area (Å²) < 4.78 is 86.7. The molecular formula is C14H21N5O11S3. The average molecular weight is 532 g/mol. The number of hydrogen-bond acceptors (Lipinski definition) is 15. The number of hydrogen-bond donors (Lipinski definition) is 3. The Hall–Kier alpha value is -2.00. The summed E-state index contributed by atoms with van der Waals surface area (Å²) in [5, 5.41) is 22.0. The van der Waals surface area contributed by atoms with Crippen LogP contribution in [0.4, 0.5) is 5.82 Å². The third-order valence-electron chi connectivity index (χ3n) is 4.59. The number of aromatic nitrogens is 4. The number of aliphatic hydroxyl groups excluding tert-OH is 2. The molecule has 0 radical (unpaired) electrons. The monoisotopic (exact) mass is 531 g/mol. The largest absolute Gasteiger partial charge is 0.388 e. The highest BCUT2D eigenvalue weighted by molar-refractivity contribution is 7.86. The van der Waals surface area contributed by atoms with Crippen molar-refractivity contribution >= 4 is 47.3 Å². The molecule has 0 bridgehead atoms. The number of nitrogen functional groups attached to an aromatic ring is 1. The fourth-order valence-electron chi connectivity index (χ4n) is 3.52. The van der Waals surface area contributed by atoms with Crippen molar-refractivity contribution < 1.29 is 48.0 Å². The molecule has 0 aliphatic heterocycles. The topological polar surface area (TPSA) is 240 Å². The van der Waals surface area contributed by atoms with Crippen molar-refractivity contribution in [3.8, 4) is 0 Å². The van der Waals surface area contributed by atoms with Gasteiger partial charge in [-0.25, -0.2) is 15.0 Å². The van der Waals surface area contributed by atoms with Crippen LogP contribution in [-0.4, -0.2) is 104 Å². The van der Waals surface area contributed by atoms with E-state index in [-0.39, 0.29) is 17.0 Å². The Bertz CT molecular complexity index is 1310. The molecule has 1 aliphatic carbocycles. The molecule has 19 heteroatoms. The van der Waals surface area contributed by atoms with Gasteiger partial charge in [-0.1, -0.05) is 0 Å². The molecule has 1 aliphatic rings. The molecule has 16 nitrogen and oxygen atoms in total. The number of imidazole rings is 1. The maximum Gasteiger partial charge on any atom is 0.264 e. The van der Waals surface area contributed by atoms with Crippen molar-refractivity contribution in [3.05, 3.63) is 12.7 Å². The van der Waals surface area contributed by atoms with Gasteiger partial charge in [0, 0.05) is 0 Å². The summed E-state index contributed by atoms with van der Waals surface area (Å²) in [7, 11) is -13.1. The van der Waals surface area contributed by atoms with Gasteiger partial charge in [0.25, 0.3) is 30.4 Å². The lowest BCUT2D eigenvalue weighted by atomic mass is 9.83. The lowest BCUT2D eigenvalue weighted by molar-refractivity contribution is -0.172. The SMILES string of the molecule is CS(=O)(=O)OC1[C@@H](OS(C)(=O)=O)[C@@H](O)C(n2cnc3c(N)ncnc32)[C@@H](O)[C@H]1OS(C)(=O)=O. The Morgan fingerprint density at radius 3 is 1.73 bits per heavy atom. The van der Waals surface area contributed by atoms with Gasteiger partial charge in [-0.05, 0) is 0 Å². The van der Waals surface area contributed by atoms with Crippen molar-refractivity contribution in [2.45, 2.75) is 36.6 Å². The molecule has 2 heterocycles. The standard InChI is InChI=1S/C14H21N5O11S3/c1-31(22,23)28-10-8(20)7(19-5-18-6-13(15)16-4-17-14(6)19)9(21)11(29-32(2,24)25)12(10)30-33(3,26)27/h4-5,7-12,20-21H,1-3H3,(H2,15,16,17)/t7?,8-,9+,10-,11+,12?.